The molecule has 3 aromatic carbocycles. The van der Waals surface area contributed by atoms with Crippen molar-refractivity contribution in [1.29, 1.82) is 0 Å². The summed E-state index contributed by atoms with van der Waals surface area (Å²) in [5, 5.41) is 20.7. The molecule has 0 aliphatic carbocycles. The maximum atomic E-state index is 9.78. The Hall–Kier alpha value is -3.00. The number of hydrogen-bond acceptors (Lipinski definition) is 2. The van der Waals surface area contributed by atoms with Crippen LogP contribution in [0.25, 0.3) is 22.9 Å². The van der Waals surface area contributed by atoms with Crippen LogP contribution in [-0.2, 0) is 0 Å². The Balaban J connectivity index is 0.000000172. The summed E-state index contributed by atoms with van der Waals surface area (Å²) >= 11 is 0. The number of phenolic OH excluding ortho intramolecular Hbond substituents is 2. The Morgan fingerprint density at radius 3 is 1.95 bits per heavy atom. The van der Waals surface area contributed by atoms with Crippen LogP contribution in [0.1, 0.15) is 11.1 Å². The maximum absolute atomic E-state index is 9.78. The average molecular weight is 290 g/mol. The Bertz CT molecular complexity index is 804. The predicted molar refractivity (Wildman–Crippen MR) is 93.9 cm³/mol. The normalized spacial score (nSPS) is 9.64. The van der Waals surface area contributed by atoms with E-state index in [2.05, 4.69) is 13.2 Å². The zero-order chi connectivity index (χ0) is 15.9. The summed E-state index contributed by atoms with van der Waals surface area (Å²) in [7, 11) is 0. The van der Waals surface area contributed by atoms with Gasteiger partial charge in [-0.25, -0.2) is 0 Å². The molecule has 0 saturated carbocycles. The summed E-state index contributed by atoms with van der Waals surface area (Å²) in [5.41, 5.74) is 1.55. The molecule has 110 valence electrons. The van der Waals surface area contributed by atoms with Crippen LogP contribution >= 0.6 is 0 Å². The largest absolute Gasteiger partial charge is 0.507 e. The van der Waals surface area contributed by atoms with Crippen molar-refractivity contribution in [2.24, 2.45) is 0 Å². The van der Waals surface area contributed by atoms with E-state index >= 15 is 0 Å². The van der Waals surface area contributed by atoms with E-state index in [-0.39, 0.29) is 5.75 Å². The summed E-state index contributed by atoms with van der Waals surface area (Å²) in [6, 6.07) is 18.7. The third-order valence-electron chi connectivity index (χ3n) is 3.31. The van der Waals surface area contributed by atoms with Crippen molar-refractivity contribution in [3.63, 3.8) is 0 Å². The van der Waals surface area contributed by atoms with Gasteiger partial charge in [0.15, 0.2) is 0 Å². The van der Waals surface area contributed by atoms with E-state index in [0.717, 1.165) is 21.9 Å². The van der Waals surface area contributed by atoms with E-state index in [1.54, 1.807) is 24.3 Å². The molecule has 3 rings (SSSR count). The predicted octanol–water partition coefficient (Wildman–Crippen LogP) is 5.22. The molecular formula is C20H18O2. The van der Waals surface area contributed by atoms with Gasteiger partial charge in [0.1, 0.15) is 11.5 Å². The van der Waals surface area contributed by atoms with E-state index in [4.69, 9.17) is 5.11 Å². The third kappa shape index (κ3) is 3.36. The minimum atomic E-state index is 0.285. The van der Waals surface area contributed by atoms with Crippen LogP contribution in [-0.4, -0.2) is 10.2 Å². The van der Waals surface area contributed by atoms with Crippen molar-refractivity contribution >= 4 is 22.9 Å². The average Bonchev–Trinajstić information content (AvgIpc) is 2.57. The molecule has 0 spiro atoms. The molecule has 0 aliphatic heterocycles. The molecule has 2 heteroatoms. The lowest BCUT2D eigenvalue weighted by molar-refractivity contribution is 0.474. The first kappa shape index (κ1) is 15.4. The van der Waals surface area contributed by atoms with E-state index in [1.807, 2.05) is 48.5 Å². The minimum Gasteiger partial charge on any atom is -0.507 e. The van der Waals surface area contributed by atoms with Crippen molar-refractivity contribution in [3.8, 4) is 11.5 Å². The van der Waals surface area contributed by atoms with Gasteiger partial charge in [-0.05, 0) is 11.5 Å². The number of aromatic hydroxyl groups is 2. The highest BCUT2D eigenvalue weighted by Crippen LogP contribution is 2.28. The van der Waals surface area contributed by atoms with Crippen LogP contribution in [0, 0.1) is 0 Å². The molecule has 0 amide bonds. The van der Waals surface area contributed by atoms with Gasteiger partial charge in [-0.1, -0.05) is 79.9 Å². The summed E-state index contributed by atoms with van der Waals surface area (Å²) in [5.74, 6) is 0.598. The van der Waals surface area contributed by atoms with E-state index < -0.39 is 0 Å². The lowest BCUT2D eigenvalue weighted by Crippen LogP contribution is -1.77. The lowest BCUT2D eigenvalue weighted by atomic mass is 10.1. The zero-order valence-electron chi connectivity index (χ0n) is 12.2. The Morgan fingerprint density at radius 2 is 1.32 bits per heavy atom. The fourth-order valence-electron chi connectivity index (χ4n) is 2.10. The van der Waals surface area contributed by atoms with Crippen LogP contribution in [0.3, 0.4) is 0 Å². The molecule has 0 aromatic heterocycles. The summed E-state index contributed by atoms with van der Waals surface area (Å²) in [6.07, 6.45) is 3.27. The zero-order valence-corrected chi connectivity index (χ0v) is 12.2. The second-order valence-electron chi connectivity index (χ2n) is 4.69. The van der Waals surface area contributed by atoms with Crippen molar-refractivity contribution in [2.75, 3.05) is 0 Å². The van der Waals surface area contributed by atoms with Gasteiger partial charge in [-0.3, -0.25) is 0 Å². The number of phenols is 2. The highest BCUT2D eigenvalue weighted by Gasteiger charge is 2.01. The van der Waals surface area contributed by atoms with Gasteiger partial charge in [0.25, 0.3) is 0 Å². The van der Waals surface area contributed by atoms with Crippen LogP contribution in [0.4, 0.5) is 0 Å². The Kier molecular flexibility index (Phi) is 4.99. The Labute approximate surface area is 130 Å². The molecule has 0 aliphatic rings. The fraction of sp³-hybridized carbons (Fsp3) is 0. The lowest BCUT2D eigenvalue weighted by Gasteiger charge is -2.03. The fourth-order valence-corrected chi connectivity index (χ4v) is 2.10. The molecule has 3 aromatic rings. The molecule has 0 unspecified atom stereocenters. The van der Waals surface area contributed by atoms with Gasteiger partial charge in [0, 0.05) is 16.5 Å². The molecule has 22 heavy (non-hydrogen) atoms. The smallest absolute Gasteiger partial charge is 0.130 e. The molecule has 2 N–H and O–H groups in total. The number of hydrogen-bond donors (Lipinski definition) is 2. The van der Waals surface area contributed by atoms with Crippen LogP contribution in [0.5, 0.6) is 11.5 Å². The maximum Gasteiger partial charge on any atom is 0.130 e. The summed E-state index contributed by atoms with van der Waals surface area (Å²) < 4.78 is 0. The van der Waals surface area contributed by atoms with E-state index in [1.165, 1.54) is 0 Å². The highest BCUT2D eigenvalue weighted by atomic mass is 16.3. The molecule has 0 saturated heterocycles. The van der Waals surface area contributed by atoms with Crippen LogP contribution < -0.4 is 0 Å². The van der Waals surface area contributed by atoms with E-state index in [9.17, 15) is 5.11 Å². The van der Waals surface area contributed by atoms with Crippen molar-refractivity contribution in [3.05, 3.63) is 84.9 Å². The number of para-hydroxylation sites is 1. The first-order valence-electron chi connectivity index (χ1n) is 6.91. The monoisotopic (exact) mass is 290 g/mol. The van der Waals surface area contributed by atoms with Crippen LogP contribution in [0.15, 0.2) is 73.8 Å². The highest BCUT2D eigenvalue weighted by molar-refractivity contribution is 5.91. The molecule has 0 fully saturated rings. The SMILES string of the molecule is C=Cc1ccc2ccccc2c1O.C=Cc1ccccc1O. The van der Waals surface area contributed by atoms with Crippen molar-refractivity contribution in [2.45, 2.75) is 0 Å². The van der Waals surface area contributed by atoms with Gasteiger partial charge in [0.05, 0.1) is 0 Å². The quantitative estimate of drug-likeness (QED) is 0.679. The molecule has 0 atom stereocenters. The first-order chi connectivity index (χ1) is 10.7. The number of rotatable bonds is 2. The second-order valence-corrected chi connectivity index (χ2v) is 4.69. The van der Waals surface area contributed by atoms with Gasteiger partial charge < -0.3 is 10.2 Å². The molecule has 0 radical (unpaired) electrons. The number of fused-ring (bicyclic) bond motifs is 1. The number of benzene rings is 3. The molecule has 2 nitrogen and oxygen atoms in total. The minimum absolute atomic E-state index is 0.285. The van der Waals surface area contributed by atoms with Gasteiger partial charge in [-0.15, -0.1) is 0 Å². The van der Waals surface area contributed by atoms with Crippen molar-refractivity contribution < 1.29 is 10.2 Å². The molecule has 0 heterocycles. The molecule has 0 bridgehead atoms. The van der Waals surface area contributed by atoms with Gasteiger partial charge in [-0.2, -0.15) is 0 Å². The first-order valence-corrected chi connectivity index (χ1v) is 6.91. The van der Waals surface area contributed by atoms with Crippen LogP contribution in [0.2, 0.25) is 0 Å². The third-order valence-corrected chi connectivity index (χ3v) is 3.31. The topological polar surface area (TPSA) is 40.5 Å². The Morgan fingerprint density at radius 1 is 0.682 bits per heavy atom. The van der Waals surface area contributed by atoms with Gasteiger partial charge >= 0.3 is 0 Å². The molecular weight excluding hydrogens is 272 g/mol. The van der Waals surface area contributed by atoms with Gasteiger partial charge in [0.2, 0.25) is 0 Å². The summed E-state index contributed by atoms with van der Waals surface area (Å²) in [4.78, 5) is 0. The van der Waals surface area contributed by atoms with Crippen molar-refractivity contribution in [1.82, 2.24) is 0 Å². The van der Waals surface area contributed by atoms with E-state index in [0.29, 0.717) is 5.75 Å². The summed E-state index contributed by atoms with van der Waals surface area (Å²) in [6.45, 7) is 7.17. The second kappa shape index (κ2) is 7.14. The standard InChI is InChI=1S/C12H10O.C8H8O/c1-2-9-7-8-10-5-3-4-6-11(10)12(9)13;1-2-7-5-3-4-6-8(7)9/h2-8,13H,1H2;2-6,9H,1H2.